The lowest BCUT2D eigenvalue weighted by molar-refractivity contribution is 0.0954. The summed E-state index contributed by atoms with van der Waals surface area (Å²) in [6.45, 7) is 0. The van der Waals surface area contributed by atoms with Crippen LogP contribution in [0, 0.1) is 3.57 Å². The average molecular weight is 470 g/mol. The van der Waals surface area contributed by atoms with Gasteiger partial charge in [-0.25, -0.2) is 5.43 Å². The van der Waals surface area contributed by atoms with Gasteiger partial charge in [0.05, 0.1) is 38.2 Å². The lowest BCUT2D eigenvalue weighted by Crippen LogP contribution is -2.17. The number of hydrogen-bond acceptors (Lipinski definition) is 6. The van der Waals surface area contributed by atoms with E-state index in [4.69, 9.17) is 18.9 Å². The van der Waals surface area contributed by atoms with Crippen LogP contribution in [0.1, 0.15) is 15.9 Å². The molecule has 0 saturated carbocycles. The van der Waals surface area contributed by atoms with Gasteiger partial charge in [0.1, 0.15) is 0 Å². The van der Waals surface area contributed by atoms with Crippen LogP contribution < -0.4 is 24.4 Å². The third-order valence-corrected chi connectivity index (χ3v) is 4.28. The minimum absolute atomic E-state index is 0.364. The van der Waals surface area contributed by atoms with E-state index in [0.717, 1.165) is 9.13 Å². The van der Waals surface area contributed by atoms with Gasteiger partial charge in [0.15, 0.2) is 23.0 Å². The summed E-state index contributed by atoms with van der Waals surface area (Å²) in [6.07, 6.45) is 1.53. The van der Waals surface area contributed by atoms with Crippen molar-refractivity contribution in [2.24, 2.45) is 5.10 Å². The molecule has 2 rings (SSSR count). The normalized spacial score (nSPS) is 10.5. The molecule has 1 amide bonds. The summed E-state index contributed by atoms with van der Waals surface area (Å²) in [5, 5.41) is 3.99. The number of methoxy groups -OCH3 is 4. The number of carbonyl (C=O) groups is 1. The fourth-order valence-corrected chi connectivity index (χ4v) is 3.07. The molecule has 7 nitrogen and oxygen atoms in total. The number of carbonyl (C=O) groups excluding carboxylic acids is 1. The van der Waals surface area contributed by atoms with Gasteiger partial charge < -0.3 is 18.9 Å². The first kappa shape index (κ1) is 19.8. The summed E-state index contributed by atoms with van der Waals surface area (Å²) in [6, 6.07) is 8.52. The molecule has 2 aromatic carbocycles. The van der Waals surface area contributed by atoms with Crippen LogP contribution in [0.25, 0.3) is 0 Å². The molecule has 0 fully saturated rings. The van der Waals surface area contributed by atoms with Crippen LogP contribution in [-0.4, -0.2) is 40.6 Å². The number of nitrogens with zero attached hydrogens (tertiary/aromatic N) is 1. The van der Waals surface area contributed by atoms with Crippen molar-refractivity contribution < 1.29 is 23.7 Å². The zero-order chi connectivity index (χ0) is 19.1. The molecule has 0 aliphatic rings. The molecule has 0 aliphatic carbocycles. The predicted molar refractivity (Wildman–Crippen MR) is 107 cm³/mol. The smallest absolute Gasteiger partial charge is 0.271 e. The van der Waals surface area contributed by atoms with Crippen LogP contribution in [0.5, 0.6) is 23.0 Å². The van der Waals surface area contributed by atoms with E-state index in [9.17, 15) is 4.79 Å². The molecule has 0 unspecified atom stereocenters. The number of nitrogens with one attached hydrogen (secondary N) is 1. The zero-order valence-electron chi connectivity index (χ0n) is 14.8. The second-order valence-corrected chi connectivity index (χ2v) is 6.17. The molecular weight excluding hydrogens is 451 g/mol. The number of amides is 1. The molecule has 2 aromatic rings. The van der Waals surface area contributed by atoms with Crippen molar-refractivity contribution in [3.05, 3.63) is 45.0 Å². The van der Waals surface area contributed by atoms with Crippen molar-refractivity contribution in [2.75, 3.05) is 28.4 Å². The maximum absolute atomic E-state index is 12.2. The number of hydrogen-bond donors (Lipinski definition) is 1. The number of ether oxygens (including phenoxy) is 4. The van der Waals surface area contributed by atoms with Gasteiger partial charge in [0.2, 0.25) is 0 Å². The Morgan fingerprint density at radius 3 is 2.27 bits per heavy atom. The number of benzene rings is 2. The molecule has 26 heavy (non-hydrogen) atoms. The second-order valence-electron chi connectivity index (χ2n) is 5.01. The third-order valence-electron chi connectivity index (χ3n) is 3.48. The van der Waals surface area contributed by atoms with Gasteiger partial charge in [-0.15, -0.1) is 0 Å². The highest BCUT2D eigenvalue weighted by atomic mass is 127. The van der Waals surface area contributed by atoms with Crippen molar-refractivity contribution >= 4 is 34.7 Å². The summed E-state index contributed by atoms with van der Waals surface area (Å²) in [5.74, 6) is 1.90. The third kappa shape index (κ3) is 4.57. The molecule has 8 heteroatoms. The van der Waals surface area contributed by atoms with Crippen LogP contribution in [-0.2, 0) is 0 Å². The van der Waals surface area contributed by atoms with Gasteiger partial charge in [0, 0.05) is 5.56 Å². The van der Waals surface area contributed by atoms with Crippen molar-refractivity contribution in [3.63, 3.8) is 0 Å². The van der Waals surface area contributed by atoms with Crippen LogP contribution in [0.3, 0.4) is 0 Å². The molecule has 0 heterocycles. The van der Waals surface area contributed by atoms with Crippen molar-refractivity contribution in [1.29, 1.82) is 0 Å². The Morgan fingerprint density at radius 1 is 0.962 bits per heavy atom. The fraction of sp³-hybridized carbons (Fsp3) is 0.222. The Bertz CT molecular complexity index is 823. The largest absolute Gasteiger partial charge is 0.493 e. The molecule has 0 atom stereocenters. The van der Waals surface area contributed by atoms with Crippen LogP contribution in [0.15, 0.2) is 35.4 Å². The molecular formula is C18H19IN2O5. The SMILES string of the molecule is COc1ccc(C(=O)N/N=C/c2cc(I)c(OC)c(OC)c2)cc1OC. The molecule has 0 bridgehead atoms. The van der Waals surface area contributed by atoms with E-state index in [1.807, 2.05) is 6.07 Å². The average Bonchev–Trinajstić information content (AvgIpc) is 2.66. The Labute approximate surface area is 165 Å². The lowest BCUT2D eigenvalue weighted by Gasteiger charge is -2.10. The molecule has 138 valence electrons. The number of halogens is 1. The monoisotopic (exact) mass is 470 g/mol. The Balaban J connectivity index is 2.13. The topological polar surface area (TPSA) is 78.4 Å². The first-order chi connectivity index (χ1) is 12.5. The summed E-state index contributed by atoms with van der Waals surface area (Å²) in [7, 11) is 6.19. The fourth-order valence-electron chi connectivity index (χ4n) is 2.22. The van der Waals surface area contributed by atoms with Gasteiger partial charge in [-0.2, -0.15) is 5.10 Å². The molecule has 0 spiro atoms. The Kier molecular flexibility index (Phi) is 7.07. The lowest BCUT2D eigenvalue weighted by atomic mass is 10.2. The van der Waals surface area contributed by atoms with Gasteiger partial charge in [-0.1, -0.05) is 0 Å². The zero-order valence-corrected chi connectivity index (χ0v) is 17.0. The standard InChI is InChI=1S/C18H19IN2O5/c1-23-14-6-5-12(9-15(14)24-2)18(22)21-20-10-11-7-13(19)17(26-4)16(8-11)25-3/h5-10H,1-4H3,(H,21,22)/b20-10+. The van der Waals surface area contributed by atoms with Gasteiger partial charge in [-0.05, 0) is 58.5 Å². The van der Waals surface area contributed by atoms with Crippen LogP contribution in [0.2, 0.25) is 0 Å². The molecule has 0 aliphatic heterocycles. The van der Waals surface area contributed by atoms with E-state index in [-0.39, 0.29) is 5.91 Å². The van der Waals surface area contributed by atoms with Gasteiger partial charge >= 0.3 is 0 Å². The van der Waals surface area contributed by atoms with E-state index < -0.39 is 0 Å². The minimum atomic E-state index is -0.364. The highest BCUT2D eigenvalue weighted by molar-refractivity contribution is 14.1. The van der Waals surface area contributed by atoms with Crippen LogP contribution >= 0.6 is 22.6 Å². The van der Waals surface area contributed by atoms with Gasteiger partial charge in [-0.3, -0.25) is 4.79 Å². The highest BCUT2D eigenvalue weighted by Gasteiger charge is 2.11. The molecule has 1 N–H and O–H groups in total. The molecule has 0 radical (unpaired) electrons. The van der Waals surface area contributed by atoms with Crippen molar-refractivity contribution in [3.8, 4) is 23.0 Å². The molecule has 0 saturated heterocycles. The highest BCUT2D eigenvalue weighted by Crippen LogP contribution is 2.33. The first-order valence-electron chi connectivity index (χ1n) is 7.51. The van der Waals surface area contributed by atoms with Crippen molar-refractivity contribution in [2.45, 2.75) is 0 Å². The Hall–Kier alpha value is -2.49. The van der Waals surface area contributed by atoms with E-state index in [1.54, 1.807) is 38.5 Å². The van der Waals surface area contributed by atoms with Crippen molar-refractivity contribution in [1.82, 2.24) is 5.43 Å². The van der Waals surface area contributed by atoms with E-state index in [2.05, 4.69) is 33.1 Å². The quantitative estimate of drug-likeness (QED) is 0.383. The summed E-state index contributed by atoms with van der Waals surface area (Å²) >= 11 is 2.14. The maximum Gasteiger partial charge on any atom is 0.271 e. The first-order valence-corrected chi connectivity index (χ1v) is 8.58. The van der Waals surface area contributed by atoms with E-state index >= 15 is 0 Å². The summed E-state index contributed by atoms with van der Waals surface area (Å²) in [5.41, 5.74) is 3.65. The van der Waals surface area contributed by atoms with E-state index in [0.29, 0.717) is 28.6 Å². The number of hydrazone groups is 1. The van der Waals surface area contributed by atoms with Gasteiger partial charge in [0.25, 0.3) is 5.91 Å². The summed E-state index contributed by atoms with van der Waals surface area (Å²) in [4.78, 5) is 12.2. The second kappa shape index (κ2) is 9.27. The predicted octanol–water partition coefficient (Wildman–Crippen LogP) is 3.09. The summed E-state index contributed by atoms with van der Waals surface area (Å²) < 4.78 is 21.8. The Morgan fingerprint density at radius 2 is 1.65 bits per heavy atom. The molecule has 0 aromatic heterocycles. The van der Waals surface area contributed by atoms with E-state index in [1.165, 1.54) is 20.4 Å². The minimum Gasteiger partial charge on any atom is -0.493 e. The maximum atomic E-state index is 12.2. The van der Waals surface area contributed by atoms with Crippen LogP contribution in [0.4, 0.5) is 0 Å². The number of rotatable bonds is 7.